The van der Waals surface area contributed by atoms with E-state index in [1.165, 1.54) is 4.90 Å². The average Bonchev–Trinajstić information content (AvgIpc) is 3.18. The van der Waals surface area contributed by atoms with Gasteiger partial charge < -0.3 is 25.1 Å². The predicted octanol–water partition coefficient (Wildman–Crippen LogP) is 2.19. The highest BCUT2D eigenvalue weighted by Gasteiger charge is 2.39. The monoisotopic (exact) mass is 417 g/mol. The van der Waals surface area contributed by atoms with Crippen LogP contribution in [0.25, 0.3) is 0 Å². The Morgan fingerprint density at radius 3 is 2.50 bits per heavy atom. The maximum Gasteiger partial charge on any atom is 0.326 e. The summed E-state index contributed by atoms with van der Waals surface area (Å²) in [7, 11) is 0. The molecule has 1 saturated heterocycles. The van der Waals surface area contributed by atoms with Crippen LogP contribution in [0.2, 0.25) is 0 Å². The van der Waals surface area contributed by atoms with Crippen LogP contribution in [-0.4, -0.2) is 54.3 Å². The van der Waals surface area contributed by atoms with Gasteiger partial charge in [0.15, 0.2) is 0 Å². The third-order valence-electron chi connectivity index (χ3n) is 5.10. The molecule has 0 saturated carbocycles. The molecular formula is C22H31N3O5. The van der Waals surface area contributed by atoms with Crippen molar-refractivity contribution >= 4 is 24.2 Å². The quantitative estimate of drug-likeness (QED) is 0.523. The summed E-state index contributed by atoms with van der Waals surface area (Å²) in [4.78, 5) is 50.1. The van der Waals surface area contributed by atoms with E-state index < -0.39 is 35.6 Å². The summed E-state index contributed by atoms with van der Waals surface area (Å²) < 4.78 is 5.32. The molecule has 2 rings (SSSR count). The molecule has 2 unspecified atom stereocenters. The highest BCUT2D eigenvalue weighted by Crippen LogP contribution is 2.25. The van der Waals surface area contributed by atoms with Crippen LogP contribution in [0.4, 0.5) is 4.79 Å². The number of urea groups is 1. The Kier molecular flexibility index (Phi) is 7.97. The summed E-state index contributed by atoms with van der Waals surface area (Å²) in [6.45, 7) is 7.41. The van der Waals surface area contributed by atoms with Crippen LogP contribution < -0.4 is 10.6 Å². The minimum absolute atomic E-state index is 0.299. The second-order valence-corrected chi connectivity index (χ2v) is 8.55. The molecule has 0 bridgehead atoms. The van der Waals surface area contributed by atoms with Crippen molar-refractivity contribution in [3.63, 3.8) is 0 Å². The molecule has 0 radical (unpaired) electrons. The summed E-state index contributed by atoms with van der Waals surface area (Å²) >= 11 is 0. The van der Waals surface area contributed by atoms with Gasteiger partial charge in [0.05, 0.1) is 6.04 Å². The van der Waals surface area contributed by atoms with Crippen LogP contribution in [-0.2, 0) is 19.1 Å². The number of nitrogens with zero attached hydrogens (tertiary/aromatic N) is 1. The molecule has 8 heteroatoms. The number of likely N-dealkylation sites (tertiary alicyclic amines) is 1. The first-order chi connectivity index (χ1) is 14.1. The molecule has 0 aliphatic carbocycles. The summed E-state index contributed by atoms with van der Waals surface area (Å²) in [6.07, 6.45) is 1.71. The molecule has 1 aromatic carbocycles. The van der Waals surface area contributed by atoms with Crippen molar-refractivity contribution in [2.24, 2.45) is 5.41 Å². The van der Waals surface area contributed by atoms with Gasteiger partial charge in [-0.3, -0.25) is 9.59 Å². The van der Waals surface area contributed by atoms with Gasteiger partial charge in [-0.2, -0.15) is 0 Å². The van der Waals surface area contributed by atoms with Crippen molar-refractivity contribution < 1.29 is 23.9 Å². The molecule has 1 fully saturated rings. The SMILES string of the molecule is C[C@H](OC(=O)CNC(=O)NC(C(=O)N1CCCC1C=O)C(C)(C)C)c1ccccc1. The third-order valence-corrected chi connectivity index (χ3v) is 5.10. The van der Waals surface area contributed by atoms with Crippen LogP contribution >= 0.6 is 0 Å². The van der Waals surface area contributed by atoms with E-state index in [-0.39, 0.29) is 12.5 Å². The number of rotatable bonds is 7. The Morgan fingerprint density at radius 2 is 1.90 bits per heavy atom. The van der Waals surface area contributed by atoms with E-state index >= 15 is 0 Å². The van der Waals surface area contributed by atoms with Crippen LogP contribution in [0, 0.1) is 5.41 Å². The van der Waals surface area contributed by atoms with E-state index in [9.17, 15) is 19.2 Å². The van der Waals surface area contributed by atoms with Crippen molar-refractivity contribution in [3.8, 4) is 0 Å². The number of benzene rings is 1. The maximum atomic E-state index is 13.0. The number of nitrogens with one attached hydrogen (secondary N) is 2. The molecule has 3 atom stereocenters. The number of aldehydes is 1. The Morgan fingerprint density at radius 1 is 1.23 bits per heavy atom. The summed E-state index contributed by atoms with van der Waals surface area (Å²) in [5.41, 5.74) is 0.274. The standard InChI is InChI=1S/C22H31N3O5/c1-15(16-9-6-5-7-10-16)30-18(27)13-23-21(29)24-19(22(2,3)4)20(28)25-12-8-11-17(25)14-26/h5-7,9-10,14-15,17,19H,8,11-13H2,1-4H3,(H2,23,24,29)/t15-,17?,19?/m0/s1. The van der Waals surface area contributed by atoms with Gasteiger partial charge in [-0.1, -0.05) is 51.1 Å². The smallest absolute Gasteiger partial charge is 0.326 e. The van der Waals surface area contributed by atoms with Gasteiger partial charge in [0.25, 0.3) is 0 Å². The van der Waals surface area contributed by atoms with E-state index in [1.54, 1.807) is 6.92 Å². The van der Waals surface area contributed by atoms with Crippen molar-refractivity contribution in [2.75, 3.05) is 13.1 Å². The third kappa shape index (κ3) is 6.30. The fraction of sp³-hybridized carbons (Fsp3) is 0.545. The molecule has 1 aliphatic rings. The zero-order chi connectivity index (χ0) is 22.3. The molecular weight excluding hydrogens is 386 g/mol. The van der Waals surface area contributed by atoms with E-state index in [1.807, 2.05) is 51.1 Å². The van der Waals surface area contributed by atoms with Gasteiger partial charge in [-0.05, 0) is 30.7 Å². The van der Waals surface area contributed by atoms with E-state index in [4.69, 9.17) is 4.74 Å². The number of ether oxygens (including phenoxy) is 1. The molecule has 1 aliphatic heterocycles. The lowest BCUT2D eigenvalue weighted by Crippen LogP contribution is -2.58. The second kappa shape index (κ2) is 10.2. The van der Waals surface area contributed by atoms with Crippen LogP contribution in [0.5, 0.6) is 0 Å². The van der Waals surface area contributed by atoms with E-state index in [2.05, 4.69) is 10.6 Å². The van der Waals surface area contributed by atoms with Gasteiger partial charge >= 0.3 is 12.0 Å². The zero-order valence-electron chi connectivity index (χ0n) is 18.0. The van der Waals surface area contributed by atoms with Crippen LogP contribution in [0.1, 0.15) is 52.2 Å². The minimum Gasteiger partial charge on any atom is -0.456 e. The Hall–Kier alpha value is -2.90. The van der Waals surface area contributed by atoms with Crippen LogP contribution in [0.15, 0.2) is 30.3 Å². The highest BCUT2D eigenvalue weighted by atomic mass is 16.5. The van der Waals surface area contributed by atoms with Crippen molar-refractivity contribution in [2.45, 2.75) is 58.7 Å². The van der Waals surface area contributed by atoms with E-state index in [0.717, 1.165) is 18.3 Å². The molecule has 0 spiro atoms. The molecule has 1 aromatic rings. The lowest BCUT2D eigenvalue weighted by molar-refractivity contribution is -0.147. The highest BCUT2D eigenvalue weighted by molar-refractivity contribution is 5.90. The average molecular weight is 418 g/mol. The number of amides is 3. The minimum atomic E-state index is -0.836. The van der Waals surface area contributed by atoms with Crippen LogP contribution in [0.3, 0.4) is 0 Å². The first-order valence-electron chi connectivity index (χ1n) is 10.2. The second-order valence-electron chi connectivity index (χ2n) is 8.55. The maximum absolute atomic E-state index is 13.0. The molecule has 1 heterocycles. The summed E-state index contributed by atoms with van der Waals surface area (Å²) in [6, 6.07) is 7.34. The number of esters is 1. The van der Waals surface area contributed by atoms with Crippen molar-refractivity contribution in [1.82, 2.24) is 15.5 Å². The van der Waals surface area contributed by atoms with Crippen molar-refractivity contribution in [1.29, 1.82) is 0 Å². The lowest BCUT2D eigenvalue weighted by Gasteiger charge is -2.34. The van der Waals surface area contributed by atoms with Gasteiger partial charge in [-0.25, -0.2) is 4.79 Å². The Balaban J connectivity index is 1.90. The summed E-state index contributed by atoms with van der Waals surface area (Å²) in [5.74, 6) is -0.881. The first kappa shape index (κ1) is 23.4. The van der Waals surface area contributed by atoms with E-state index in [0.29, 0.717) is 13.0 Å². The largest absolute Gasteiger partial charge is 0.456 e. The number of carbonyl (C=O) groups excluding carboxylic acids is 4. The van der Waals surface area contributed by atoms with Gasteiger partial charge in [0, 0.05) is 6.54 Å². The summed E-state index contributed by atoms with van der Waals surface area (Å²) in [5, 5.41) is 5.10. The first-order valence-corrected chi connectivity index (χ1v) is 10.2. The molecule has 3 amide bonds. The Bertz CT molecular complexity index is 760. The number of carbonyl (C=O) groups is 4. The number of hydrogen-bond acceptors (Lipinski definition) is 5. The topological polar surface area (TPSA) is 105 Å². The zero-order valence-corrected chi connectivity index (χ0v) is 18.0. The van der Waals surface area contributed by atoms with Gasteiger partial charge in [-0.15, -0.1) is 0 Å². The molecule has 30 heavy (non-hydrogen) atoms. The van der Waals surface area contributed by atoms with Gasteiger partial charge in [0.2, 0.25) is 5.91 Å². The lowest BCUT2D eigenvalue weighted by atomic mass is 9.85. The fourth-order valence-corrected chi connectivity index (χ4v) is 3.39. The fourth-order valence-electron chi connectivity index (χ4n) is 3.39. The molecule has 0 aromatic heterocycles. The molecule has 8 nitrogen and oxygen atoms in total. The number of hydrogen-bond donors (Lipinski definition) is 2. The normalized spacial score (nSPS) is 18.3. The molecule has 2 N–H and O–H groups in total. The molecule has 164 valence electrons. The Labute approximate surface area is 177 Å². The predicted molar refractivity (Wildman–Crippen MR) is 112 cm³/mol. The van der Waals surface area contributed by atoms with Crippen molar-refractivity contribution in [3.05, 3.63) is 35.9 Å². The van der Waals surface area contributed by atoms with Gasteiger partial charge in [0.1, 0.15) is 25.0 Å².